The first kappa shape index (κ1) is 16.2. The molecule has 0 unspecified atom stereocenters. The van der Waals surface area contributed by atoms with Crippen LogP contribution in [0.2, 0.25) is 0 Å². The highest BCUT2D eigenvalue weighted by Crippen LogP contribution is 2.37. The number of Topliss-reactive ketones (excluding diaryl/α,β-unsaturated/α-hetero) is 1. The molecule has 0 atom stereocenters. The summed E-state index contributed by atoms with van der Waals surface area (Å²) < 4.78 is 0. The van der Waals surface area contributed by atoms with Gasteiger partial charge in [-0.2, -0.15) is 0 Å². The molecule has 1 aromatic rings. The maximum atomic E-state index is 13.0. The van der Waals surface area contributed by atoms with Crippen LogP contribution in [0.4, 0.5) is 0 Å². The fourth-order valence-electron chi connectivity index (χ4n) is 3.40. The van der Waals surface area contributed by atoms with Gasteiger partial charge in [-0.15, -0.1) is 0 Å². The van der Waals surface area contributed by atoms with Crippen LogP contribution in [0.1, 0.15) is 69.3 Å². The molecule has 1 heterocycles. The van der Waals surface area contributed by atoms with E-state index in [1.54, 1.807) is 0 Å². The van der Waals surface area contributed by atoms with E-state index in [0.717, 1.165) is 44.3 Å². The minimum absolute atomic E-state index is 0.136. The molecule has 1 aliphatic heterocycles. The van der Waals surface area contributed by atoms with E-state index < -0.39 is 0 Å². The van der Waals surface area contributed by atoms with Crippen LogP contribution in [0.5, 0.6) is 0 Å². The zero-order chi connectivity index (χ0) is 15.5. The van der Waals surface area contributed by atoms with Crippen LogP contribution in [-0.2, 0) is 5.41 Å². The van der Waals surface area contributed by atoms with E-state index in [4.69, 9.17) is 0 Å². The van der Waals surface area contributed by atoms with Crippen molar-refractivity contribution in [3.8, 4) is 0 Å². The number of rotatable bonds is 4. The van der Waals surface area contributed by atoms with Gasteiger partial charge in [0.2, 0.25) is 0 Å². The summed E-state index contributed by atoms with van der Waals surface area (Å²) in [6.07, 6.45) is 4.03. The van der Waals surface area contributed by atoms with Crippen molar-refractivity contribution in [3.63, 3.8) is 0 Å². The second-order valence-corrected chi connectivity index (χ2v) is 7.44. The molecule has 0 radical (unpaired) electrons. The van der Waals surface area contributed by atoms with E-state index in [-0.39, 0.29) is 10.8 Å². The number of carbonyl (C=O) groups is 1. The topological polar surface area (TPSA) is 29.1 Å². The van der Waals surface area contributed by atoms with Crippen molar-refractivity contribution in [2.75, 3.05) is 13.1 Å². The Morgan fingerprint density at radius 2 is 1.71 bits per heavy atom. The van der Waals surface area contributed by atoms with Crippen LogP contribution < -0.4 is 5.32 Å². The number of hydrogen-bond acceptors (Lipinski definition) is 2. The van der Waals surface area contributed by atoms with Crippen LogP contribution in [0, 0.1) is 5.41 Å². The molecular formula is C19H29NO. The van der Waals surface area contributed by atoms with Crippen LogP contribution in [-0.4, -0.2) is 18.9 Å². The van der Waals surface area contributed by atoms with Gasteiger partial charge in [0, 0.05) is 11.0 Å². The van der Waals surface area contributed by atoms with Crippen molar-refractivity contribution in [1.82, 2.24) is 5.32 Å². The number of benzene rings is 1. The zero-order valence-electron chi connectivity index (χ0n) is 14.0. The summed E-state index contributed by atoms with van der Waals surface area (Å²) in [5, 5.41) is 3.38. The maximum Gasteiger partial charge on any atom is 0.169 e. The Kier molecular flexibility index (Phi) is 4.88. The number of nitrogens with one attached hydrogen (secondary N) is 1. The minimum atomic E-state index is -0.136. The van der Waals surface area contributed by atoms with Crippen LogP contribution in [0.15, 0.2) is 24.3 Å². The van der Waals surface area contributed by atoms with E-state index >= 15 is 0 Å². The van der Waals surface area contributed by atoms with Gasteiger partial charge in [-0.1, -0.05) is 58.4 Å². The molecule has 1 aliphatic rings. The van der Waals surface area contributed by atoms with E-state index in [1.165, 1.54) is 5.56 Å². The standard InChI is InChI=1S/C19H29NO/c1-5-10-19(11-13-20-14-12-19)17(21)15-6-8-16(9-7-15)18(2,3)4/h6-9,20H,5,10-14H2,1-4H3. The van der Waals surface area contributed by atoms with Gasteiger partial charge in [0.1, 0.15) is 0 Å². The second-order valence-electron chi connectivity index (χ2n) is 7.44. The molecule has 0 aliphatic carbocycles. The SMILES string of the molecule is CCCC1(C(=O)c2ccc(C(C)(C)C)cc2)CCNCC1. The van der Waals surface area contributed by atoms with Gasteiger partial charge < -0.3 is 5.32 Å². The third-order valence-corrected chi connectivity index (χ3v) is 4.78. The average Bonchev–Trinajstić information content (AvgIpc) is 2.47. The Morgan fingerprint density at radius 1 is 1.14 bits per heavy atom. The molecule has 21 heavy (non-hydrogen) atoms. The first-order valence-corrected chi connectivity index (χ1v) is 8.25. The summed E-state index contributed by atoms with van der Waals surface area (Å²) in [7, 11) is 0. The molecule has 2 rings (SSSR count). The summed E-state index contributed by atoms with van der Waals surface area (Å²) in [6, 6.07) is 8.30. The summed E-state index contributed by atoms with van der Waals surface area (Å²) in [4.78, 5) is 13.0. The maximum absolute atomic E-state index is 13.0. The molecule has 1 aromatic carbocycles. The highest BCUT2D eigenvalue weighted by Gasteiger charge is 2.38. The van der Waals surface area contributed by atoms with Crippen LogP contribution in [0.25, 0.3) is 0 Å². The molecule has 1 fully saturated rings. The summed E-state index contributed by atoms with van der Waals surface area (Å²) in [5.41, 5.74) is 2.17. The average molecular weight is 287 g/mol. The first-order chi connectivity index (χ1) is 9.89. The summed E-state index contributed by atoms with van der Waals surface area (Å²) in [5.74, 6) is 0.353. The predicted molar refractivity (Wildman–Crippen MR) is 88.9 cm³/mol. The molecule has 2 heteroatoms. The second kappa shape index (κ2) is 6.31. The third-order valence-electron chi connectivity index (χ3n) is 4.78. The number of piperidine rings is 1. The van der Waals surface area contributed by atoms with Crippen molar-refractivity contribution >= 4 is 5.78 Å². The lowest BCUT2D eigenvalue weighted by atomic mass is 9.70. The highest BCUT2D eigenvalue weighted by molar-refractivity contribution is 6.00. The third kappa shape index (κ3) is 3.55. The van der Waals surface area contributed by atoms with Gasteiger partial charge in [0.05, 0.1) is 0 Å². The van der Waals surface area contributed by atoms with Gasteiger partial charge in [-0.25, -0.2) is 0 Å². The molecule has 1 N–H and O–H groups in total. The van der Waals surface area contributed by atoms with Crippen molar-refractivity contribution in [3.05, 3.63) is 35.4 Å². The van der Waals surface area contributed by atoms with E-state index in [1.807, 2.05) is 12.1 Å². The van der Waals surface area contributed by atoms with Gasteiger partial charge in [-0.05, 0) is 43.3 Å². The molecule has 1 saturated heterocycles. The first-order valence-electron chi connectivity index (χ1n) is 8.25. The largest absolute Gasteiger partial charge is 0.317 e. The number of hydrogen-bond donors (Lipinski definition) is 1. The molecule has 116 valence electrons. The van der Waals surface area contributed by atoms with Crippen molar-refractivity contribution < 1.29 is 4.79 Å². The van der Waals surface area contributed by atoms with Crippen molar-refractivity contribution in [2.24, 2.45) is 5.41 Å². The smallest absolute Gasteiger partial charge is 0.169 e. The lowest BCUT2D eigenvalue weighted by molar-refractivity contribution is 0.0704. The lowest BCUT2D eigenvalue weighted by Crippen LogP contribution is -2.42. The fourth-order valence-corrected chi connectivity index (χ4v) is 3.40. The van der Waals surface area contributed by atoms with Crippen molar-refractivity contribution in [2.45, 2.75) is 58.8 Å². The molecule has 0 saturated carbocycles. The number of ketones is 1. The lowest BCUT2D eigenvalue weighted by Gasteiger charge is -2.36. The molecule has 0 spiro atoms. The zero-order valence-corrected chi connectivity index (χ0v) is 14.0. The van der Waals surface area contributed by atoms with Crippen molar-refractivity contribution in [1.29, 1.82) is 0 Å². The molecule has 0 aromatic heterocycles. The van der Waals surface area contributed by atoms with Gasteiger partial charge in [-0.3, -0.25) is 4.79 Å². The van der Waals surface area contributed by atoms with E-state index in [0.29, 0.717) is 5.78 Å². The minimum Gasteiger partial charge on any atom is -0.317 e. The Bertz CT molecular complexity index is 470. The monoisotopic (exact) mass is 287 g/mol. The molecule has 2 nitrogen and oxygen atoms in total. The normalized spacial score (nSPS) is 18.5. The van der Waals surface area contributed by atoms with Gasteiger partial charge in [0.25, 0.3) is 0 Å². The molecular weight excluding hydrogens is 258 g/mol. The number of carbonyl (C=O) groups excluding carboxylic acids is 1. The Labute approximate surface area is 129 Å². The Morgan fingerprint density at radius 3 is 2.19 bits per heavy atom. The predicted octanol–water partition coefficient (Wildman–Crippen LogP) is 4.34. The Hall–Kier alpha value is -1.15. The highest BCUT2D eigenvalue weighted by atomic mass is 16.1. The van der Waals surface area contributed by atoms with Gasteiger partial charge >= 0.3 is 0 Å². The van der Waals surface area contributed by atoms with E-state index in [2.05, 4.69) is 45.1 Å². The van der Waals surface area contributed by atoms with E-state index in [9.17, 15) is 4.79 Å². The quantitative estimate of drug-likeness (QED) is 0.835. The fraction of sp³-hybridized carbons (Fsp3) is 0.632. The van der Waals surface area contributed by atoms with Crippen LogP contribution >= 0.6 is 0 Å². The van der Waals surface area contributed by atoms with Gasteiger partial charge in [0.15, 0.2) is 5.78 Å². The Balaban J connectivity index is 2.25. The summed E-state index contributed by atoms with van der Waals surface area (Å²) >= 11 is 0. The molecule has 0 bridgehead atoms. The molecule has 0 amide bonds. The van der Waals surface area contributed by atoms with Crippen LogP contribution in [0.3, 0.4) is 0 Å². The summed E-state index contributed by atoms with van der Waals surface area (Å²) in [6.45, 7) is 10.7.